The number of aromatic nitrogens is 1. The molecule has 1 aliphatic rings. The standard InChI is InChI=1S/C33H29BrCl2N2O5S/c1-5-41-32(40)28-19(4)37-33-38(29(28)23-8-6-7-9-26(23)43-18(2)3)31(39)27(44-33)16-21-14-24(35)30(25(36)15-21)42-17-20-10-12-22(34)13-11-20/h6-16,18,29H,5,17H2,1-4H3/b27-16+/t29-/m1/s1. The zero-order valence-electron chi connectivity index (χ0n) is 24.4. The van der Waals surface area contributed by atoms with Crippen LogP contribution in [0.5, 0.6) is 11.5 Å². The highest BCUT2D eigenvalue weighted by Crippen LogP contribution is 2.37. The van der Waals surface area contributed by atoms with Gasteiger partial charge >= 0.3 is 5.97 Å². The fraction of sp³-hybridized carbons (Fsp3) is 0.242. The Bertz CT molecular complexity index is 1910. The number of allylic oxidation sites excluding steroid dienone is 1. The molecule has 0 spiro atoms. The Hall–Kier alpha value is -3.37. The largest absolute Gasteiger partial charge is 0.491 e. The molecule has 11 heteroatoms. The van der Waals surface area contributed by atoms with Crippen molar-refractivity contribution < 1.29 is 19.0 Å². The summed E-state index contributed by atoms with van der Waals surface area (Å²) in [6, 6.07) is 17.7. The summed E-state index contributed by atoms with van der Waals surface area (Å²) in [5, 5.41) is 0.624. The molecular formula is C33H29BrCl2N2O5S. The maximum atomic E-state index is 14.1. The first-order chi connectivity index (χ1) is 21.1. The molecule has 5 rings (SSSR count). The molecule has 44 heavy (non-hydrogen) atoms. The van der Waals surface area contributed by atoms with E-state index in [1.807, 2.05) is 62.4 Å². The van der Waals surface area contributed by atoms with E-state index in [1.165, 1.54) is 15.9 Å². The van der Waals surface area contributed by atoms with E-state index in [1.54, 1.807) is 32.1 Å². The molecule has 1 aliphatic heterocycles. The number of carbonyl (C=O) groups excluding carboxylic acids is 1. The predicted octanol–water partition coefficient (Wildman–Crippen LogP) is 7.23. The van der Waals surface area contributed by atoms with Crippen LogP contribution in [0, 0.1) is 0 Å². The number of rotatable bonds is 9. The quantitative estimate of drug-likeness (QED) is 0.171. The van der Waals surface area contributed by atoms with Crippen molar-refractivity contribution in [2.75, 3.05) is 6.61 Å². The molecule has 0 amide bonds. The number of hydrogen-bond donors (Lipinski definition) is 0. The van der Waals surface area contributed by atoms with Gasteiger partial charge < -0.3 is 14.2 Å². The summed E-state index contributed by atoms with van der Waals surface area (Å²) in [7, 11) is 0. The molecule has 0 N–H and O–H groups in total. The highest BCUT2D eigenvalue weighted by atomic mass is 79.9. The Balaban J connectivity index is 1.58. The van der Waals surface area contributed by atoms with Gasteiger partial charge in [-0.15, -0.1) is 0 Å². The normalized spacial score (nSPS) is 14.8. The van der Waals surface area contributed by atoms with E-state index in [9.17, 15) is 9.59 Å². The third-order valence-electron chi connectivity index (χ3n) is 6.71. The zero-order chi connectivity index (χ0) is 31.5. The molecule has 0 unspecified atom stereocenters. The summed E-state index contributed by atoms with van der Waals surface area (Å²) < 4.78 is 20.3. The second-order valence-electron chi connectivity index (χ2n) is 10.2. The van der Waals surface area contributed by atoms with Crippen LogP contribution in [0.3, 0.4) is 0 Å². The molecule has 1 aromatic heterocycles. The van der Waals surface area contributed by atoms with Crippen molar-refractivity contribution in [1.29, 1.82) is 0 Å². The lowest BCUT2D eigenvalue weighted by molar-refractivity contribution is -0.139. The molecule has 4 aromatic rings. The van der Waals surface area contributed by atoms with E-state index < -0.39 is 12.0 Å². The Labute approximate surface area is 277 Å². The third-order valence-corrected chi connectivity index (χ3v) is 8.78. The minimum atomic E-state index is -0.802. The first kappa shape index (κ1) is 32.0. The smallest absolute Gasteiger partial charge is 0.338 e. The SMILES string of the molecule is CCOC(=O)C1=C(C)N=c2s/c(=C/c3cc(Cl)c(OCc4ccc(Br)cc4)c(Cl)c3)c(=O)n2[C@@H]1c1ccccc1OC(C)C. The topological polar surface area (TPSA) is 79.1 Å². The highest BCUT2D eigenvalue weighted by Gasteiger charge is 2.35. The molecule has 0 radical (unpaired) electrons. The van der Waals surface area contributed by atoms with Gasteiger partial charge in [0.25, 0.3) is 5.56 Å². The molecule has 0 saturated carbocycles. The second kappa shape index (κ2) is 13.7. The van der Waals surface area contributed by atoms with Gasteiger partial charge in [0.2, 0.25) is 0 Å². The van der Waals surface area contributed by atoms with Gasteiger partial charge in [-0.3, -0.25) is 9.36 Å². The number of fused-ring (bicyclic) bond motifs is 1. The van der Waals surface area contributed by atoms with E-state index in [-0.39, 0.29) is 30.5 Å². The van der Waals surface area contributed by atoms with Gasteiger partial charge in [0.1, 0.15) is 18.4 Å². The third kappa shape index (κ3) is 6.81. The first-order valence-electron chi connectivity index (χ1n) is 13.9. The van der Waals surface area contributed by atoms with Crippen molar-refractivity contribution in [3.63, 3.8) is 0 Å². The molecule has 0 bridgehead atoms. The van der Waals surface area contributed by atoms with Gasteiger partial charge in [-0.1, -0.05) is 80.8 Å². The Morgan fingerprint density at radius 3 is 2.45 bits per heavy atom. The fourth-order valence-electron chi connectivity index (χ4n) is 4.84. The molecule has 0 saturated heterocycles. The fourth-order valence-corrected chi connectivity index (χ4v) is 6.77. The molecule has 0 aliphatic carbocycles. The average Bonchev–Trinajstić information content (AvgIpc) is 3.26. The number of benzene rings is 3. The molecule has 228 valence electrons. The zero-order valence-corrected chi connectivity index (χ0v) is 28.3. The van der Waals surface area contributed by atoms with Gasteiger partial charge in [0.05, 0.1) is 38.6 Å². The van der Waals surface area contributed by atoms with Crippen molar-refractivity contribution >= 4 is 62.5 Å². The van der Waals surface area contributed by atoms with E-state index in [2.05, 4.69) is 20.9 Å². The van der Waals surface area contributed by atoms with Crippen molar-refractivity contribution in [1.82, 2.24) is 4.57 Å². The molecule has 0 fully saturated rings. The van der Waals surface area contributed by atoms with Gasteiger partial charge in [-0.2, -0.15) is 0 Å². The van der Waals surface area contributed by atoms with Crippen molar-refractivity contribution in [2.24, 2.45) is 4.99 Å². The van der Waals surface area contributed by atoms with Crippen molar-refractivity contribution in [3.05, 3.63) is 123 Å². The van der Waals surface area contributed by atoms with E-state index >= 15 is 0 Å². The first-order valence-corrected chi connectivity index (χ1v) is 16.3. The summed E-state index contributed by atoms with van der Waals surface area (Å²) in [6.45, 7) is 7.79. The lowest BCUT2D eigenvalue weighted by Gasteiger charge is -2.26. The van der Waals surface area contributed by atoms with Gasteiger partial charge in [0.15, 0.2) is 10.6 Å². The van der Waals surface area contributed by atoms with Crippen LogP contribution < -0.4 is 24.4 Å². The number of carbonyl (C=O) groups is 1. The highest BCUT2D eigenvalue weighted by molar-refractivity contribution is 9.10. The van der Waals surface area contributed by atoms with Crippen LogP contribution in [0.1, 0.15) is 50.4 Å². The number of hydrogen-bond acceptors (Lipinski definition) is 7. The van der Waals surface area contributed by atoms with Crippen LogP contribution in [0.2, 0.25) is 10.0 Å². The number of nitrogens with zero attached hydrogens (tertiary/aromatic N) is 2. The molecule has 2 heterocycles. The maximum Gasteiger partial charge on any atom is 0.338 e. The summed E-state index contributed by atoms with van der Waals surface area (Å²) >= 11 is 17.8. The molecular weight excluding hydrogens is 687 g/mol. The van der Waals surface area contributed by atoms with Crippen LogP contribution in [0.25, 0.3) is 6.08 Å². The van der Waals surface area contributed by atoms with Crippen molar-refractivity contribution in [3.8, 4) is 11.5 Å². The summed E-state index contributed by atoms with van der Waals surface area (Å²) in [5.74, 6) is 0.381. The molecule has 3 aromatic carbocycles. The molecule has 7 nitrogen and oxygen atoms in total. The number of para-hydroxylation sites is 1. The number of ether oxygens (including phenoxy) is 3. The van der Waals surface area contributed by atoms with Gasteiger partial charge in [-0.05, 0) is 75.2 Å². The number of esters is 1. The second-order valence-corrected chi connectivity index (χ2v) is 13.0. The monoisotopic (exact) mass is 714 g/mol. The van der Waals surface area contributed by atoms with Crippen LogP contribution in [0.4, 0.5) is 0 Å². The van der Waals surface area contributed by atoms with Crippen LogP contribution in [-0.4, -0.2) is 23.2 Å². The summed E-state index contributed by atoms with van der Waals surface area (Å²) in [5.41, 5.74) is 2.66. The van der Waals surface area contributed by atoms with E-state index in [0.717, 1.165) is 10.0 Å². The Morgan fingerprint density at radius 2 is 1.80 bits per heavy atom. The summed E-state index contributed by atoms with van der Waals surface area (Å²) in [4.78, 5) is 32.4. The molecule has 1 atom stereocenters. The lowest BCUT2D eigenvalue weighted by atomic mass is 9.95. The number of halogens is 3. The predicted molar refractivity (Wildman–Crippen MR) is 178 cm³/mol. The van der Waals surface area contributed by atoms with Crippen LogP contribution >= 0.6 is 50.5 Å². The minimum Gasteiger partial charge on any atom is -0.491 e. The van der Waals surface area contributed by atoms with Gasteiger partial charge in [0, 0.05) is 10.0 Å². The number of thiazole rings is 1. The van der Waals surface area contributed by atoms with Crippen LogP contribution in [0.15, 0.2) is 86.2 Å². The van der Waals surface area contributed by atoms with E-state index in [0.29, 0.717) is 47.7 Å². The maximum absolute atomic E-state index is 14.1. The summed E-state index contributed by atoms with van der Waals surface area (Å²) in [6.07, 6.45) is 1.58. The lowest BCUT2D eigenvalue weighted by Crippen LogP contribution is -2.40. The van der Waals surface area contributed by atoms with Gasteiger partial charge in [-0.25, -0.2) is 9.79 Å². The average molecular weight is 716 g/mol. The van der Waals surface area contributed by atoms with E-state index in [4.69, 9.17) is 37.4 Å². The Kier molecular flexibility index (Phi) is 10.00. The Morgan fingerprint density at radius 1 is 1.11 bits per heavy atom. The van der Waals surface area contributed by atoms with Crippen LogP contribution in [-0.2, 0) is 16.1 Å². The van der Waals surface area contributed by atoms with Crippen molar-refractivity contribution in [2.45, 2.75) is 46.4 Å². The minimum absolute atomic E-state index is 0.126.